The molecule has 0 saturated heterocycles. The third-order valence-electron chi connectivity index (χ3n) is 2.32. The summed E-state index contributed by atoms with van der Waals surface area (Å²) in [4.78, 5) is 12.7. The number of anilines is 1. The number of nitrogens with zero attached hydrogens (tertiary/aromatic N) is 1. The van der Waals surface area contributed by atoms with Crippen LogP contribution in [0.2, 0.25) is 5.02 Å². The molecule has 4 N–H and O–H groups in total. The Morgan fingerprint density at radius 2 is 2.19 bits per heavy atom. The maximum Gasteiger partial charge on any atom is 0.236 e. The second-order valence-corrected chi connectivity index (χ2v) is 3.88. The second kappa shape index (κ2) is 5.72. The van der Waals surface area contributed by atoms with Crippen molar-refractivity contribution >= 4 is 23.2 Å². The fourth-order valence-corrected chi connectivity index (χ4v) is 1.81. The summed E-state index contributed by atoms with van der Waals surface area (Å²) in [5.74, 6) is -0.374. The number of hydrogen-bond donors (Lipinski definition) is 2. The molecule has 4 nitrogen and oxygen atoms in total. The van der Waals surface area contributed by atoms with Crippen LogP contribution in [0, 0.1) is 0 Å². The lowest BCUT2D eigenvalue weighted by Gasteiger charge is -2.22. The molecule has 0 fully saturated rings. The molecule has 0 saturated carbocycles. The molecule has 0 unspecified atom stereocenters. The van der Waals surface area contributed by atoms with E-state index in [0.717, 1.165) is 11.3 Å². The van der Waals surface area contributed by atoms with Crippen LogP contribution < -0.4 is 16.4 Å². The molecule has 0 aliphatic rings. The molecule has 0 aliphatic carbocycles. The van der Waals surface area contributed by atoms with Gasteiger partial charge in [-0.3, -0.25) is 4.79 Å². The Morgan fingerprint density at radius 1 is 1.50 bits per heavy atom. The van der Waals surface area contributed by atoms with Gasteiger partial charge in [-0.25, -0.2) is 0 Å². The van der Waals surface area contributed by atoms with Gasteiger partial charge in [-0.05, 0) is 24.6 Å². The van der Waals surface area contributed by atoms with Gasteiger partial charge in [0, 0.05) is 13.1 Å². The van der Waals surface area contributed by atoms with Crippen LogP contribution in [0.1, 0.15) is 12.5 Å². The lowest BCUT2D eigenvalue weighted by molar-refractivity contribution is -0.116. The Hall–Kier alpha value is -1.26. The van der Waals surface area contributed by atoms with Crippen molar-refractivity contribution in [3.63, 3.8) is 0 Å². The highest BCUT2D eigenvalue weighted by molar-refractivity contribution is 6.33. The fraction of sp³-hybridized carbons (Fsp3) is 0.364. The summed E-state index contributed by atoms with van der Waals surface area (Å²) in [7, 11) is 0. The van der Waals surface area contributed by atoms with Crippen molar-refractivity contribution in [2.24, 2.45) is 11.5 Å². The Labute approximate surface area is 100 Å². The summed E-state index contributed by atoms with van der Waals surface area (Å²) >= 11 is 6.12. The molecule has 88 valence electrons. The highest BCUT2D eigenvalue weighted by atomic mass is 35.5. The number of hydrogen-bond acceptors (Lipinski definition) is 3. The van der Waals surface area contributed by atoms with E-state index in [1.165, 1.54) is 0 Å². The molecule has 0 heterocycles. The zero-order valence-electron chi connectivity index (χ0n) is 9.24. The van der Waals surface area contributed by atoms with Crippen LogP contribution in [0.3, 0.4) is 0 Å². The second-order valence-electron chi connectivity index (χ2n) is 3.47. The lowest BCUT2D eigenvalue weighted by Crippen LogP contribution is -2.33. The molecule has 1 aromatic carbocycles. The molecule has 0 aromatic heterocycles. The smallest absolute Gasteiger partial charge is 0.236 e. The predicted octanol–water partition coefficient (Wildman–Crippen LogP) is 1.11. The minimum atomic E-state index is -0.374. The standard InChI is InChI=1S/C11H16ClN3O/c1-2-15(7-11(14)16)10-4-3-8(6-13)5-9(10)12/h3-5H,2,6-7,13H2,1H3,(H2,14,16). The summed E-state index contributed by atoms with van der Waals surface area (Å²) in [6.45, 7) is 3.22. The number of benzene rings is 1. The van der Waals surface area contributed by atoms with Crippen molar-refractivity contribution in [2.75, 3.05) is 18.0 Å². The van der Waals surface area contributed by atoms with E-state index >= 15 is 0 Å². The third kappa shape index (κ3) is 3.12. The third-order valence-corrected chi connectivity index (χ3v) is 2.62. The Morgan fingerprint density at radius 3 is 2.62 bits per heavy atom. The zero-order valence-corrected chi connectivity index (χ0v) is 10.00. The monoisotopic (exact) mass is 241 g/mol. The number of halogens is 1. The first-order valence-electron chi connectivity index (χ1n) is 5.10. The van der Waals surface area contributed by atoms with Crippen LogP contribution in [-0.4, -0.2) is 19.0 Å². The van der Waals surface area contributed by atoms with Gasteiger partial charge in [0.2, 0.25) is 5.91 Å². The quantitative estimate of drug-likeness (QED) is 0.811. The Balaban J connectivity index is 2.96. The fourth-order valence-electron chi connectivity index (χ4n) is 1.49. The minimum Gasteiger partial charge on any atom is -0.368 e. The van der Waals surface area contributed by atoms with Gasteiger partial charge >= 0.3 is 0 Å². The van der Waals surface area contributed by atoms with Gasteiger partial charge in [0.1, 0.15) is 0 Å². The van der Waals surface area contributed by atoms with Crippen molar-refractivity contribution in [1.29, 1.82) is 0 Å². The average Bonchev–Trinajstić information content (AvgIpc) is 2.25. The van der Waals surface area contributed by atoms with Gasteiger partial charge in [0.25, 0.3) is 0 Å². The van der Waals surface area contributed by atoms with E-state index in [4.69, 9.17) is 23.1 Å². The largest absolute Gasteiger partial charge is 0.368 e. The van der Waals surface area contributed by atoms with E-state index in [0.29, 0.717) is 18.1 Å². The molecule has 1 aromatic rings. The molecule has 0 atom stereocenters. The van der Waals surface area contributed by atoms with E-state index in [9.17, 15) is 4.79 Å². The number of primary amides is 1. The molecule has 1 rings (SSSR count). The molecular formula is C11H16ClN3O. The van der Waals surface area contributed by atoms with Gasteiger partial charge in [-0.2, -0.15) is 0 Å². The highest BCUT2D eigenvalue weighted by Crippen LogP contribution is 2.26. The summed E-state index contributed by atoms with van der Waals surface area (Å²) in [6.07, 6.45) is 0. The lowest BCUT2D eigenvalue weighted by atomic mass is 10.2. The summed E-state index contributed by atoms with van der Waals surface area (Å²) in [5, 5.41) is 0.589. The van der Waals surface area contributed by atoms with Crippen molar-refractivity contribution in [3.05, 3.63) is 28.8 Å². The van der Waals surface area contributed by atoms with Crippen LogP contribution in [0.4, 0.5) is 5.69 Å². The van der Waals surface area contributed by atoms with Crippen LogP contribution in [-0.2, 0) is 11.3 Å². The first-order chi connectivity index (χ1) is 7.58. The Kier molecular flexibility index (Phi) is 4.58. The van der Waals surface area contributed by atoms with Crippen molar-refractivity contribution in [1.82, 2.24) is 0 Å². The van der Waals surface area contributed by atoms with Crippen molar-refractivity contribution in [3.8, 4) is 0 Å². The summed E-state index contributed by atoms with van der Waals surface area (Å²) in [5.41, 5.74) is 12.4. The molecule has 5 heteroatoms. The van der Waals surface area contributed by atoms with Gasteiger partial charge in [0.15, 0.2) is 0 Å². The van der Waals surface area contributed by atoms with E-state index in [1.54, 1.807) is 6.07 Å². The van der Waals surface area contributed by atoms with Gasteiger partial charge in [-0.15, -0.1) is 0 Å². The molecule has 0 radical (unpaired) electrons. The molecule has 0 spiro atoms. The number of nitrogens with two attached hydrogens (primary N) is 2. The molecular weight excluding hydrogens is 226 g/mol. The number of carbonyl (C=O) groups is 1. The van der Waals surface area contributed by atoms with Crippen LogP contribution >= 0.6 is 11.6 Å². The molecule has 0 aliphatic heterocycles. The highest BCUT2D eigenvalue weighted by Gasteiger charge is 2.11. The van der Waals surface area contributed by atoms with Crippen molar-refractivity contribution in [2.45, 2.75) is 13.5 Å². The summed E-state index contributed by atoms with van der Waals surface area (Å²) < 4.78 is 0. The van der Waals surface area contributed by atoms with E-state index in [-0.39, 0.29) is 12.5 Å². The molecule has 0 bridgehead atoms. The first kappa shape index (κ1) is 12.8. The minimum absolute atomic E-state index is 0.165. The van der Waals surface area contributed by atoms with Crippen LogP contribution in [0.25, 0.3) is 0 Å². The first-order valence-corrected chi connectivity index (χ1v) is 5.48. The van der Waals surface area contributed by atoms with Crippen LogP contribution in [0.5, 0.6) is 0 Å². The van der Waals surface area contributed by atoms with Gasteiger partial charge < -0.3 is 16.4 Å². The maximum atomic E-state index is 10.9. The van der Waals surface area contributed by atoms with Gasteiger partial charge in [0.05, 0.1) is 17.3 Å². The SMILES string of the molecule is CCN(CC(N)=O)c1ccc(CN)cc1Cl. The molecule has 1 amide bonds. The van der Waals surface area contributed by atoms with E-state index in [1.807, 2.05) is 24.0 Å². The normalized spacial score (nSPS) is 10.2. The number of carbonyl (C=O) groups excluding carboxylic acids is 1. The Bertz CT molecular complexity index is 381. The number of rotatable bonds is 5. The predicted molar refractivity (Wildman–Crippen MR) is 66.4 cm³/mol. The average molecular weight is 242 g/mol. The van der Waals surface area contributed by atoms with Gasteiger partial charge in [-0.1, -0.05) is 17.7 Å². The van der Waals surface area contributed by atoms with Crippen LogP contribution in [0.15, 0.2) is 18.2 Å². The summed E-state index contributed by atoms with van der Waals surface area (Å²) in [6, 6.07) is 5.56. The zero-order chi connectivity index (χ0) is 12.1. The maximum absolute atomic E-state index is 10.9. The van der Waals surface area contributed by atoms with E-state index < -0.39 is 0 Å². The topological polar surface area (TPSA) is 72.3 Å². The van der Waals surface area contributed by atoms with E-state index in [2.05, 4.69) is 0 Å². The number of likely N-dealkylation sites (N-methyl/N-ethyl adjacent to an activating group) is 1. The number of amides is 1. The van der Waals surface area contributed by atoms with Crippen molar-refractivity contribution < 1.29 is 4.79 Å². The molecule has 16 heavy (non-hydrogen) atoms.